The first-order valence-electron chi connectivity index (χ1n) is 7.58. The number of furan rings is 1. The maximum Gasteiger partial charge on any atom is 0.255 e. The highest BCUT2D eigenvalue weighted by Crippen LogP contribution is 2.16. The Morgan fingerprint density at radius 1 is 1.33 bits per heavy atom. The third-order valence-corrected chi connectivity index (χ3v) is 3.94. The largest absolute Gasteiger partial charge is 0.467 e. The van der Waals surface area contributed by atoms with Gasteiger partial charge in [-0.25, -0.2) is 0 Å². The van der Waals surface area contributed by atoms with Gasteiger partial charge in [0.1, 0.15) is 18.1 Å². The molecule has 1 fully saturated rings. The van der Waals surface area contributed by atoms with Crippen LogP contribution in [-0.2, 0) is 17.9 Å². The van der Waals surface area contributed by atoms with Crippen LogP contribution in [0.15, 0.2) is 47.1 Å². The maximum atomic E-state index is 12.4. The number of nitrogens with one attached hydrogen (secondary N) is 1. The molecule has 0 aliphatic carbocycles. The second kappa shape index (κ2) is 7.99. The third kappa shape index (κ3) is 3.96. The molecule has 1 saturated heterocycles. The number of nitrogens with two attached hydrogens (primary N) is 1. The number of carbonyl (C=O) groups excluding carboxylic acids is 2. The Balaban J connectivity index is 0.00000208. The van der Waals surface area contributed by atoms with Crippen LogP contribution in [0, 0.1) is 0 Å². The highest BCUT2D eigenvalue weighted by Gasteiger charge is 2.32. The minimum Gasteiger partial charge on any atom is -0.467 e. The molecule has 1 unspecified atom stereocenters. The SMILES string of the molecule is Cl.NCc1cc(C(=O)NC2CCN(Cc3ccccc3)C2=O)co1. The van der Waals surface area contributed by atoms with Crippen LogP contribution in [0.4, 0.5) is 0 Å². The van der Waals surface area contributed by atoms with Crippen LogP contribution in [0.2, 0.25) is 0 Å². The van der Waals surface area contributed by atoms with Gasteiger partial charge in [-0.2, -0.15) is 0 Å². The van der Waals surface area contributed by atoms with Crippen molar-refractivity contribution in [3.8, 4) is 0 Å². The quantitative estimate of drug-likeness (QED) is 0.859. The molecule has 3 rings (SSSR count). The first-order chi connectivity index (χ1) is 11.2. The number of nitrogens with zero attached hydrogens (tertiary/aromatic N) is 1. The summed E-state index contributed by atoms with van der Waals surface area (Å²) in [6, 6.07) is 10.9. The summed E-state index contributed by atoms with van der Waals surface area (Å²) in [7, 11) is 0. The van der Waals surface area contributed by atoms with Gasteiger partial charge >= 0.3 is 0 Å². The Bertz CT molecular complexity index is 702. The molecule has 2 heterocycles. The van der Waals surface area contributed by atoms with Crippen molar-refractivity contribution in [3.63, 3.8) is 0 Å². The van der Waals surface area contributed by atoms with E-state index in [0.29, 0.717) is 30.8 Å². The fourth-order valence-electron chi connectivity index (χ4n) is 2.68. The Kier molecular flexibility index (Phi) is 6.00. The van der Waals surface area contributed by atoms with Crippen molar-refractivity contribution in [2.45, 2.75) is 25.6 Å². The van der Waals surface area contributed by atoms with Gasteiger partial charge < -0.3 is 20.4 Å². The number of likely N-dealkylation sites (tertiary alicyclic amines) is 1. The first kappa shape index (κ1) is 18.0. The van der Waals surface area contributed by atoms with Gasteiger partial charge in [0.05, 0.1) is 12.1 Å². The molecular weight excluding hydrogens is 330 g/mol. The van der Waals surface area contributed by atoms with Gasteiger partial charge in [-0.05, 0) is 18.1 Å². The number of halogens is 1. The molecule has 7 heteroatoms. The van der Waals surface area contributed by atoms with Crippen LogP contribution in [0.3, 0.4) is 0 Å². The molecule has 3 N–H and O–H groups in total. The van der Waals surface area contributed by atoms with Crippen molar-refractivity contribution in [1.82, 2.24) is 10.2 Å². The standard InChI is InChI=1S/C17H19N3O3.ClH/c18-9-14-8-13(11-23-14)16(21)19-15-6-7-20(17(15)22)10-12-4-2-1-3-5-12;/h1-5,8,11,15H,6-7,9-10,18H2,(H,19,21);1H. The Morgan fingerprint density at radius 3 is 2.75 bits per heavy atom. The Labute approximate surface area is 146 Å². The predicted molar refractivity (Wildman–Crippen MR) is 91.6 cm³/mol. The number of hydrogen-bond acceptors (Lipinski definition) is 4. The fraction of sp³-hybridized carbons (Fsp3) is 0.294. The monoisotopic (exact) mass is 349 g/mol. The minimum atomic E-state index is -0.484. The van der Waals surface area contributed by atoms with E-state index in [-0.39, 0.29) is 30.8 Å². The zero-order valence-electron chi connectivity index (χ0n) is 13.1. The van der Waals surface area contributed by atoms with Crippen molar-refractivity contribution in [2.24, 2.45) is 5.73 Å². The molecule has 1 aromatic heterocycles. The van der Waals surface area contributed by atoms with E-state index < -0.39 is 6.04 Å². The van der Waals surface area contributed by atoms with Crippen LogP contribution in [-0.4, -0.2) is 29.3 Å². The van der Waals surface area contributed by atoms with E-state index in [0.717, 1.165) is 5.56 Å². The normalized spacial score (nSPS) is 16.8. The first-order valence-corrected chi connectivity index (χ1v) is 7.58. The summed E-state index contributed by atoms with van der Waals surface area (Å²) in [5, 5.41) is 2.77. The molecule has 2 aromatic rings. The van der Waals surface area contributed by atoms with Crippen LogP contribution < -0.4 is 11.1 Å². The predicted octanol–water partition coefficient (Wildman–Crippen LogP) is 1.69. The van der Waals surface area contributed by atoms with Crippen molar-refractivity contribution in [2.75, 3.05) is 6.54 Å². The van der Waals surface area contributed by atoms with Crippen LogP contribution >= 0.6 is 12.4 Å². The van der Waals surface area contributed by atoms with E-state index >= 15 is 0 Å². The molecule has 0 bridgehead atoms. The molecule has 1 aliphatic heterocycles. The van der Waals surface area contributed by atoms with Gasteiger partial charge in [0.2, 0.25) is 5.91 Å². The van der Waals surface area contributed by atoms with Crippen molar-refractivity contribution in [1.29, 1.82) is 0 Å². The van der Waals surface area contributed by atoms with E-state index in [4.69, 9.17) is 10.2 Å². The molecule has 0 saturated carbocycles. The summed E-state index contributed by atoms with van der Waals surface area (Å²) in [5.41, 5.74) is 6.92. The second-order valence-electron chi connectivity index (χ2n) is 5.57. The second-order valence-corrected chi connectivity index (χ2v) is 5.57. The number of benzene rings is 1. The topological polar surface area (TPSA) is 88.6 Å². The van der Waals surface area contributed by atoms with Gasteiger partial charge in [0.25, 0.3) is 5.91 Å². The summed E-state index contributed by atoms with van der Waals surface area (Å²) in [6.07, 6.45) is 1.97. The van der Waals surface area contributed by atoms with Crippen molar-refractivity contribution >= 4 is 24.2 Å². The maximum absolute atomic E-state index is 12.4. The average molecular weight is 350 g/mol. The Morgan fingerprint density at radius 2 is 2.08 bits per heavy atom. The van der Waals surface area contributed by atoms with Gasteiger partial charge in [-0.3, -0.25) is 9.59 Å². The number of carbonyl (C=O) groups is 2. The minimum absolute atomic E-state index is 0. The molecule has 2 amide bonds. The number of rotatable bonds is 5. The van der Waals surface area contributed by atoms with E-state index in [1.165, 1.54) is 6.26 Å². The third-order valence-electron chi connectivity index (χ3n) is 3.94. The molecule has 24 heavy (non-hydrogen) atoms. The highest BCUT2D eigenvalue weighted by atomic mass is 35.5. The lowest BCUT2D eigenvalue weighted by Crippen LogP contribution is -2.41. The van der Waals surface area contributed by atoms with Crippen LogP contribution in [0.5, 0.6) is 0 Å². The van der Waals surface area contributed by atoms with Gasteiger partial charge in [-0.15, -0.1) is 12.4 Å². The molecule has 1 aromatic carbocycles. The smallest absolute Gasteiger partial charge is 0.255 e. The molecule has 1 aliphatic rings. The fourth-order valence-corrected chi connectivity index (χ4v) is 2.68. The van der Waals surface area contributed by atoms with Gasteiger partial charge in [0, 0.05) is 13.1 Å². The van der Waals surface area contributed by atoms with E-state index in [9.17, 15) is 9.59 Å². The average Bonchev–Trinajstić information content (AvgIpc) is 3.18. The highest BCUT2D eigenvalue weighted by molar-refractivity contribution is 5.97. The molecule has 1 atom stereocenters. The summed E-state index contributed by atoms with van der Waals surface area (Å²) in [6.45, 7) is 1.44. The van der Waals surface area contributed by atoms with Crippen LogP contribution in [0.1, 0.15) is 28.1 Å². The molecule has 6 nitrogen and oxygen atoms in total. The summed E-state index contributed by atoms with van der Waals surface area (Å²) in [5.74, 6) is 0.178. The van der Waals surface area contributed by atoms with E-state index in [1.54, 1.807) is 11.0 Å². The zero-order chi connectivity index (χ0) is 16.2. The summed E-state index contributed by atoms with van der Waals surface area (Å²) >= 11 is 0. The van der Waals surface area contributed by atoms with Gasteiger partial charge in [0.15, 0.2) is 0 Å². The molecular formula is C17H20ClN3O3. The van der Waals surface area contributed by atoms with E-state index in [2.05, 4.69) is 5.32 Å². The lowest BCUT2D eigenvalue weighted by molar-refractivity contribution is -0.129. The summed E-state index contributed by atoms with van der Waals surface area (Å²) in [4.78, 5) is 26.3. The van der Waals surface area contributed by atoms with Crippen LogP contribution in [0.25, 0.3) is 0 Å². The van der Waals surface area contributed by atoms with Crippen molar-refractivity contribution < 1.29 is 14.0 Å². The lowest BCUT2D eigenvalue weighted by Gasteiger charge is -2.17. The summed E-state index contributed by atoms with van der Waals surface area (Å²) < 4.78 is 5.15. The molecule has 0 spiro atoms. The number of hydrogen-bond donors (Lipinski definition) is 2. The van der Waals surface area contributed by atoms with E-state index in [1.807, 2.05) is 30.3 Å². The molecule has 128 valence electrons. The van der Waals surface area contributed by atoms with Crippen molar-refractivity contribution in [3.05, 3.63) is 59.5 Å². The zero-order valence-corrected chi connectivity index (χ0v) is 13.9. The number of amides is 2. The van der Waals surface area contributed by atoms with Gasteiger partial charge in [-0.1, -0.05) is 30.3 Å². The molecule has 0 radical (unpaired) electrons. The lowest BCUT2D eigenvalue weighted by atomic mass is 10.2. The Hall–Kier alpha value is -2.31.